The summed E-state index contributed by atoms with van der Waals surface area (Å²) < 4.78 is 0. The third-order valence-electron chi connectivity index (χ3n) is 4.92. The summed E-state index contributed by atoms with van der Waals surface area (Å²) in [6.45, 7) is 0. The lowest BCUT2D eigenvalue weighted by atomic mass is 9.91. The SMILES string of the molecule is O=C(NNC1=CCCc2ccccc21)C(c1ccccc1)c1ccccc1. The number of fused-ring (bicyclic) bond motifs is 1. The molecule has 0 saturated carbocycles. The molecule has 3 aromatic rings. The first-order chi connectivity index (χ1) is 13.3. The van der Waals surface area contributed by atoms with Crippen LogP contribution in [0.25, 0.3) is 5.70 Å². The first-order valence-corrected chi connectivity index (χ1v) is 9.27. The average Bonchev–Trinajstić information content (AvgIpc) is 2.74. The van der Waals surface area contributed by atoms with Crippen LogP contribution < -0.4 is 10.9 Å². The van der Waals surface area contributed by atoms with Crippen LogP contribution in [0.15, 0.2) is 91.0 Å². The van der Waals surface area contributed by atoms with Gasteiger partial charge in [0.1, 0.15) is 0 Å². The number of hydrazine groups is 1. The van der Waals surface area contributed by atoms with Gasteiger partial charge in [0.15, 0.2) is 0 Å². The molecule has 0 fully saturated rings. The minimum Gasteiger partial charge on any atom is -0.298 e. The molecule has 2 N–H and O–H groups in total. The number of amides is 1. The van der Waals surface area contributed by atoms with Crippen molar-refractivity contribution in [3.8, 4) is 0 Å². The zero-order valence-corrected chi connectivity index (χ0v) is 15.1. The summed E-state index contributed by atoms with van der Waals surface area (Å²) in [6, 6.07) is 28.1. The van der Waals surface area contributed by atoms with E-state index in [0.717, 1.165) is 35.2 Å². The maximum Gasteiger partial charge on any atom is 0.250 e. The number of carbonyl (C=O) groups is 1. The van der Waals surface area contributed by atoms with Gasteiger partial charge >= 0.3 is 0 Å². The van der Waals surface area contributed by atoms with Crippen LogP contribution in [-0.2, 0) is 11.2 Å². The highest BCUT2D eigenvalue weighted by Gasteiger charge is 2.23. The first kappa shape index (κ1) is 17.1. The second-order valence-electron chi connectivity index (χ2n) is 6.68. The molecule has 0 atom stereocenters. The van der Waals surface area contributed by atoms with E-state index in [1.807, 2.05) is 66.7 Å². The van der Waals surface area contributed by atoms with Crippen LogP contribution in [0.4, 0.5) is 0 Å². The number of hydrogen-bond donors (Lipinski definition) is 2. The van der Waals surface area contributed by atoms with Gasteiger partial charge in [0.05, 0.1) is 11.6 Å². The molecule has 0 unspecified atom stereocenters. The topological polar surface area (TPSA) is 41.1 Å². The monoisotopic (exact) mass is 354 g/mol. The highest BCUT2D eigenvalue weighted by molar-refractivity contribution is 5.87. The predicted molar refractivity (Wildman–Crippen MR) is 109 cm³/mol. The number of nitrogens with one attached hydrogen (secondary N) is 2. The Bertz CT molecular complexity index is 909. The fraction of sp³-hybridized carbons (Fsp3) is 0.125. The van der Waals surface area contributed by atoms with E-state index in [1.165, 1.54) is 5.56 Å². The van der Waals surface area contributed by atoms with Crippen molar-refractivity contribution in [3.63, 3.8) is 0 Å². The molecule has 134 valence electrons. The van der Waals surface area contributed by atoms with E-state index in [0.29, 0.717) is 0 Å². The molecular formula is C24H22N2O. The lowest BCUT2D eigenvalue weighted by molar-refractivity contribution is -0.122. The molecule has 1 aliphatic carbocycles. The lowest BCUT2D eigenvalue weighted by Gasteiger charge is -2.22. The molecule has 0 bridgehead atoms. The number of benzene rings is 3. The van der Waals surface area contributed by atoms with E-state index in [1.54, 1.807) is 0 Å². The maximum atomic E-state index is 13.1. The molecule has 1 aliphatic rings. The van der Waals surface area contributed by atoms with Crippen molar-refractivity contribution in [2.24, 2.45) is 0 Å². The number of rotatable bonds is 5. The van der Waals surface area contributed by atoms with E-state index >= 15 is 0 Å². The Morgan fingerprint density at radius 2 is 1.37 bits per heavy atom. The standard InChI is InChI=1S/C24H22N2O/c27-24(26-25-22-17-9-15-18-10-7-8-16-21(18)22)23(19-11-3-1-4-12-19)20-13-5-2-6-14-20/h1-8,10-14,16-17,23,25H,9,15H2,(H,26,27). The van der Waals surface area contributed by atoms with Crippen LogP contribution in [0, 0.1) is 0 Å². The number of aryl methyl sites for hydroxylation is 1. The lowest BCUT2D eigenvalue weighted by Crippen LogP contribution is -2.40. The van der Waals surface area contributed by atoms with Crippen molar-refractivity contribution in [1.82, 2.24) is 10.9 Å². The van der Waals surface area contributed by atoms with Crippen molar-refractivity contribution in [2.75, 3.05) is 0 Å². The largest absolute Gasteiger partial charge is 0.298 e. The number of hydrogen-bond acceptors (Lipinski definition) is 2. The Balaban J connectivity index is 1.56. The van der Waals surface area contributed by atoms with Gasteiger partial charge in [-0.2, -0.15) is 0 Å². The highest BCUT2D eigenvalue weighted by Crippen LogP contribution is 2.26. The molecule has 0 aliphatic heterocycles. The summed E-state index contributed by atoms with van der Waals surface area (Å²) >= 11 is 0. The quantitative estimate of drug-likeness (QED) is 0.666. The summed E-state index contributed by atoms with van der Waals surface area (Å²) in [5, 5.41) is 0. The number of allylic oxidation sites excluding steroid dienone is 1. The van der Waals surface area contributed by atoms with Crippen molar-refractivity contribution >= 4 is 11.6 Å². The van der Waals surface area contributed by atoms with E-state index in [4.69, 9.17) is 0 Å². The van der Waals surface area contributed by atoms with Crippen molar-refractivity contribution in [1.29, 1.82) is 0 Å². The van der Waals surface area contributed by atoms with Crippen LogP contribution >= 0.6 is 0 Å². The fourth-order valence-electron chi connectivity index (χ4n) is 3.59. The normalized spacial score (nSPS) is 12.9. The zero-order chi connectivity index (χ0) is 18.5. The molecule has 4 rings (SSSR count). The second-order valence-corrected chi connectivity index (χ2v) is 6.68. The summed E-state index contributed by atoms with van der Waals surface area (Å²) in [5.41, 5.74) is 11.5. The molecule has 3 aromatic carbocycles. The van der Waals surface area contributed by atoms with Crippen molar-refractivity contribution in [3.05, 3.63) is 113 Å². The number of carbonyl (C=O) groups excluding carboxylic acids is 1. The Kier molecular flexibility index (Phi) is 5.01. The Labute approximate surface area is 159 Å². The smallest absolute Gasteiger partial charge is 0.250 e. The van der Waals surface area contributed by atoms with Crippen molar-refractivity contribution in [2.45, 2.75) is 18.8 Å². The molecule has 0 saturated heterocycles. The Hall–Kier alpha value is -3.33. The molecule has 27 heavy (non-hydrogen) atoms. The van der Waals surface area contributed by atoms with Gasteiger partial charge in [-0.3, -0.25) is 15.6 Å². The summed E-state index contributed by atoms with van der Waals surface area (Å²) in [5.74, 6) is -0.435. The van der Waals surface area contributed by atoms with Crippen molar-refractivity contribution < 1.29 is 4.79 Å². The summed E-state index contributed by atoms with van der Waals surface area (Å²) in [4.78, 5) is 13.1. The Morgan fingerprint density at radius 3 is 2.04 bits per heavy atom. The third kappa shape index (κ3) is 3.77. The van der Waals surface area contributed by atoms with Gasteiger partial charge in [-0.05, 0) is 29.5 Å². The molecule has 3 nitrogen and oxygen atoms in total. The average molecular weight is 354 g/mol. The second kappa shape index (κ2) is 7.92. The van der Waals surface area contributed by atoms with Gasteiger partial charge in [-0.25, -0.2) is 0 Å². The van der Waals surface area contributed by atoms with Crippen LogP contribution in [0.5, 0.6) is 0 Å². The molecule has 1 amide bonds. The minimum absolute atomic E-state index is 0.0728. The molecule has 0 spiro atoms. The van der Waals surface area contributed by atoms with Crippen LogP contribution in [0.2, 0.25) is 0 Å². The van der Waals surface area contributed by atoms with Gasteiger partial charge in [0.25, 0.3) is 0 Å². The third-order valence-corrected chi connectivity index (χ3v) is 4.92. The molecule has 0 heterocycles. The first-order valence-electron chi connectivity index (χ1n) is 9.27. The van der Waals surface area contributed by atoms with E-state index < -0.39 is 0 Å². The van der Waals surface area contributed by atoms with Crippen LogP contribution in [0.3, 0.4) is 0 Å². The Morgan fingerprint density at radius 1 is 0.778 bits per heavy atom. The molecule has 0 radical (unpaired) electrons. The molecule has 3 heteroatoms. The van der Waals surface area contributed by atoms with Gasteiger partial charge in [0, 0.05) is 5.56 Å². The summed E-state index contributed by atoms with van der Waals surface area (Å²) in [7, 11) is 0. The highest BCUT2D eigenvalue weighted by atomic mass is 16.2. The maximum absolute atomic E-state index is 13.1. The van der Waals surface area contributed by atoms with Gasteiger partial charge in [-0.15, -0.1) is 0 Å². The minimum atomic E-state index is -0.362. The molecular weight excluding hydrogens is 332 g/mol. The van der Waals surface area contributed by atoms with Crippen LogP contribution in [-0.4, -0.2) is 5.91 Å². The van der Waals surface area contributed by atoms with Gasteiger partial charge in [-0.1, -0.05) is 91.0 Å². The van der Waals surface area contributed by atoms with E-state index in [9.17, 15) is 4.79 Å². The summed E-state index contributed by atoms with van der Waals surface area (Å²) in [6.07, 6.45) is 4.14. The predicted octanol–water partition coefficient (Wildman–Crippen LogP) is 4.43. The van der Waals surface area contributed by atoms with E-state index in [2.05, 4.69) is 35.1 Å². The van der Waals surface area contributed by atoms with Crippen LogP contribution in [0.1, 0.15) is 34.6 Å². The van der Waals surface area contributed by atoms with Gasteiger partial charge in [0.2, 0.25) is 5.91 Å². The van der Waals surface area contributed by atoms with E-state index in [-0.39, 0.29) is 11.8 Å². The molecule has 0 aromatic heterocycles. The zero-order valence-electron chi connectivity index (χ0n) is 15.1. The fourth-order valence-corrected chi connectivity index (χ4v) is 3.59. The van der Waals surface area contributed by atoms with Gasteiger partial charge < -0.3 is 0 Å².